The van der Waals surface area contributed by atoms with Crippen LogP contribution in [0.3, 0.4) is 0 Å². The molecule has 7 rings (SSSR count). The van der Waals surface area contributed by atoms with Gasteiger partial charge in [0.25, 0.3) is 0 Å². The average Bonchev–Trinajstić information content (AvgIpc) is 3.55. The molecule has 5 aromatic rings. The molecule has 0 saturated heterocycles. The van der Waals surface area contributed by atoms with Gasteiger partial charge in [-0.1, -0.05) is 0 Å². The zero-order chi connectivity index (χ0) is 26.3. The summed E-state index contributed by atoms with van der Waals surface area (Å²) >= 11 is 0. The molecule has 2 N–H and O–H groups in total. The van der Waals surface area contributed by atoms with Crippen LogP contribution in [0.4, 0.5) is 0 Å². The van der Waals surface area contributed by atoms with Crippen LogP contribution in [0.5, 0.6) is 11.5 Å². The van der Waals surface area contributed by atoms with Crippen LogP contribution < -0.4 is 9.47 Å². The van der Waals surface area contributed by atoms with Crippen molar-refractivity contribution in [2.75, 3.05) is 27.3 Å². The van der Waals surface area contributed by atoms with Gasteiger partial charge in [0.05, 0.1) is 37.0 Å². The van der Waals surface area contributed by atoms with E-state index in [4.69, 9.17) is 19.5 Å². The number of aliphatic imine (C=N–C) groups is 2. The lowest BCUT2D eigenvalue weighted by atomic mass is 9.85. The molecule has 2 aromatic carbocycles. The van der Waals surface area contributed by atoms with Crippen LogP contribution in [0, 0.1) is 0 Å². The van der Waals surface area contributed by atoms with E-state index < -0.39 is 0 Å². The van der Waals surface area contributed by atoms with Gasteiger partial charge in [-0.05, 0) is 84.7 Å². The second-order valence-corrected chi connectivity index (χ2v) is 10.3. The number of hydrogen-bond donors (Lipinski definition) is 2. The number of rotatable bonds is 7. The number of ether oxygens (including phenoxy) is 2. The largest absolute Gasteiger partial charge is 0.497 e. The topological polar surface area (TPSA) is 87.6 Å². The second-order valence-electron chi connectivity index (χ2n) is 10.3. The molecule has 5 heterocycles. The first kappa shape index (κ1) is 23.7. The van der Waals surface area contributed by atoms with E-state index in [0.29, 0.717) is 0 Å². The van der Waals surface area contributed by atoms with Crippen molar-refractivity contribution >= 4 is 33.2 Å². The highest BCUT2D eigenvalue weighted by Gasteiger charge is 2.27. The van der Waals surface area contributed by atoms with E-state index in [2.05, 4.69) is 51.4 Å². The van der Waals surface area contributed by atoms with Crippen LogP contribution >= 0.6 is 0 Å². The maximum atomic E-state index is 5.47. The summed E-state index contributed by atoms with van der Waals surface area (Å²) in [7, 11) is 3.42. The van der Waals surface area contributed by atoms with Gasteiger partial charge in [0.2, 0.25) is 0 Å². The van der Waals surface area contributed by atoms with E-state index in [1.165, 1.54) is 27.5 Å². The smallest absolute Gasteiger partial charge is 0.120 e. The molecule has 0 unspecified atom stereocenters. The molecule has 196 valence electrons. The summed E-state index contributed by atoms with van der Waals surface area (Å²) in [5.41, 5.74) is 10.7. The molecule has 3 aromatic heterocycles. The molecule has 0 fully saturated rings. The van der Waals surface area contributed by atoms with Crippen LogP contribution in [-0.4, -0.2) is 53.7 Å². The molecule has 0 spiro atoms. The fourth-order valence-corrected chi connectivity index (χ4v) is 6.24. The Morgan fingerprint density at radius 2 is 1.23 bits per heavy atom. The Morgan fingerprint density at radius 3 is 1.72 bits per heavy atom. The van der Waals surface area contributed by atoms with Crippen molar-refractivity contribution in [1.82, 2.24) is 15.0 Å². The summed E-state index contributed by atoms with van der Waals surface area (Å²) in [6.45, 7) is 1.61. The maximum Gasteiger partial charge on any atom is 0.120 e. The van der Waals surface area contributed by atoms with Gasteiger partial charge >= 0.3 is 0 Å². The van der Waals surface area contributed by atoms with Gasteiger partial charge in [0.15, 0.2) is 0 Å². The van der Waals surface area contributed by atoms with E-state index >= 15 is 0 Å². The standard InChI is InChI=1S/C32H31N5O2/c1-38-21-3-5-23-25-9-13-34-29(31(25)36-27(23)17-21)15-20(19-7-11-33-12-8-19)16-30-32-26(10-14-35-30)24-6-4-22(39-2)18-28(24)37-32/h3-8,11-12,17-18,20,36-37H,9-10,13-16H2,1-2H3. The fraction of sp³-hybridized carbons (Fsp3) is 0.281. The van der Waals surface area contributed by atoms with E-state index in [0.717, 1.165) is 84.1 Å². The van der Waals surface area contributed by atoms with Crippen molar-refractivity contribution in [3.05, 3.63) is 89.0 Å². The third-order valence-electron chi connectivity index (χ3n) is 8.19. The SMILES string of the molecule is COc1ccc2c3c([nH]c2c1)C(CC(CC1=NCCc2c1[nH]c1cc(OC)ccc21)c1ccncc1)=NCC3. The van der Waals surface area contributed by atoms with Crippen molar-refractivity contribution in [1.29, 1.82) is 0 Å². The molecule has 2 aliphatic rings. The lowest BCUT2D eigenvalue weighted by Gasteiger charge is -2.23. The minimum Gasteiger partial charge on any atom is -0.497 e. The molecule has 0 saturated carbocycles. The maximum absolute atomic E-state index is 5.47. The quantitative estimate of drug-likeness (QED) is 0.277. The van der Waals surface area contributed by atoms with Crippen molar-refractivity contribution in [2.24, 2.45) is 9.98 Å². The molecule has 39 heavy (non-hydrogen) atoms. The highest BCUT2D eigenvalue weighted by atomic mass is 16.5. The number of nitrogens with one attached hydrogen (secondary N) is 2. The molecule has 7 heteroatoms. The fourth-order valence-electron chi connectivity index (χ4n) is 6.24. The highest BCUT2D eigenvalue weighted by Crippen LogP contribution is 2.36. The molecule has 2 aliphatic heterocycles. The number of fused-ring (bicyclic) bond motifs is 6. The van der Waals surface area contributed by atoms with Crippen molar-refractivity contribution in [3.8, 4) is 11.5 Å². The van der Waals surface area contributed by atoms with Gasteiger partial charge in [-0.25, -0.2) is 0 Å². The molecule has 0 aliphatic carbocycles. The molecule has 0 radical (unpaired) electrons. The number of nitrogens with zero attached hydrogens (tertiary/aromatic N) is 3. The number of H-pyrrole nitrogens is 2. The van der Waals surface area contributed by atoms with Crippen molar-refractivity contribution < 1.29 is 9.47 Å². The van der Waals surface area contributed by atoms with Crippen LogP contribution in [0.25, 0.3) is 21.8 Å². The Morgan fingerprint density at radius 1 is 0.718 bits per heavy atom. The summed E-state index contributed by atoms with van der Waals surface area (Å²) in [5.74, 6) is 1.93. The minimum atomic E-state index is 0.212. The Balaban J connectivity index is 1.25. The first-order valence-corrected chi connectivity index (χ1v) is 13.6. The summed E-state index contributed by atoms with van der Waals surface area (Å²) in [5, 5.41) is 2.52. The van der Waals surface area contributed by atoms with Crippen molar-refractivity contribution in [3.63, 3.8) is 0 Å². The van der Waals surface area contributed by atoms with E-state index in [1.807, 2.05) is 24.5 Å². The Bertz CT molecular complexity index is 1640. The summed E-state index contributed by atoms with van der Waals surface area (Å²) in [4.78, 5) is 21.7. The average molecular weight is 518 g/mol. The van der Waals surface area contributed by atoms with Crippen LogP contribution in [-0.2, 0) is 12.8 Å². The number of benzene rings is 2. The lowest BCUT2D eigenvalue weighted by Crippen LogP contribution is -2.20. The molecular weight excluding hydrogens is 486 g/mol. The monoisotopic (exact) mass is 517 g/mol. The second kappa shape index (κ2) is 9.73. The normalized spacial score (nSPS) is 14.7. The molecule has 0 bridgehead atoms. The first-order chi connectivity index (χ1) is 19.2. The van der Waals surface area contributed by atoms with Crippen molar-refractivity contribution in [2.45, 2.75) is 31.6 Å². The van der Waals surface area contributed by atoms with Crippen LogP contribution in [0.1, 0.15) is 46.8 Å². The van der Waals surface area contributed by atoms with Gasteiger partial charge in [-0.2, -0.15) is 0 Å². The third kappa shape index (κ3) is 4.18. The number of aromatic nitrogens is 3. The summed E-state index contributed by atoms with van der Waals surface area (Å²) in [6.07, 6.45) is 7.30. The number of hydrogen-bond acceptors (Lipinski definition) is 5. The van der Waals surface area contributed by atoms with Crippen LogP contribution in [0.15, 0.2) is 70.9 Å². The van der Waals surface area contributed by atoms with Crippen LogP contribution in [0.2, 0.25) is 0 Å². The molecule has 0 atom stereocenters. The molecule has 7 nitrogen and oxygen atoms in total. The van der Waals surface area contributed by atoms with E-state index in [1.54, 1.807) is 14.2 Å². The molecular formula is C32H31N5O2. The summed E-state index contributed by atoms with van der Waals surface area (Å²) in [6, 6.07) is 16.8. The first-order valence-electron chi connectivity index (χ1n) is 13.6. The van der Waals surface area contributed by atoms with E-state index in [-0.39, 0.29) is 5.92 Å². The Kier molecular flexibility index (Phi) is 5.91. The third-order valence-corrected chi connectivity index (χ3v) is 8.19. The number of aromatic amines is 2. The predicted octanol–water partition coefficient (Wildman–Crippen LogP) is 6.02. The molecule has 0 amide bonds. The van der Waals surface area contributed by atoms with Gasteiger partial charge in [-0.3, -0.25) is 15.0 Å². The van der Waals surface area contributed by atoms with Gasteiger partial charge in [0, 0.05) is 59.4 Å². The number of pyridine rings is 1. The Labute approximate surface area is 227 Å². The lowest BCUT2D eigenvalue weighted by molar-refractivity contribution is 0.415. The minimum absolute atomic E-state index is 0.212. The number of methoxy groups -OCH3 is 2. The highest BCUT2D eigenvalue weighted by molar-refractivity contribution is 6.09. The van der Waals surface area contributed by atoms with Gasteiger partial charge in [-0.15, -0.1) is 0 Å². The Hall–Kier alpha value is -4.39. The van der Waals surface area contributed by atoms with Gasteiger partial charge < -0.3 is 19.4 Å². The zero-order valence-electron chi connectivity index (χ0n) is 22.3. The summed E-state index contributed by atoms with van der Waals surface area (Å²) < 4.78 is 10.9. The zero-order valence-corrected chi connectivity index (χ0v) is 22.3. The van der Waals surface area contributed by atoms with Gasteiger partial charge in [0.1, 0.15) is 11.5 Å². The van der Waals surface area contributed by atoms with E-state index in [9.17, 15) is 0 Å². The predicted molar refractivity (Wildman–Crippen MR) is 156 cm³/mol.